The summed E-state index contributed by atoms with van der Waals surface area (Å²) in [7, 11) is 0. The van der Waals surface area contributed by atoms with Gasteiger partial charge >= 0.3 is 0 Å². The number of carbonyl (C=O) groups excluding carboxylic acids is 2. The predicted molar refractivity (Wildman–Crippen MR) is 77.0 cm³/mol. The smallest absolute Gasteiger partial charge is 0.249 e. The highest BCUT2D eigenvalue weighted by Crippen LogP contribution is 2.38. The number of nitrogens with one attached hydrogen (secondary N) is 1. The Labute approximate surface area is 121 Å². The number of hydrogen-bond donors (Lipinski definition) is 1. The molecule has 1 spiro atoms. The van der Waals surface area contributed by atoms with Crippen molar-refractivity contribution < 1.29 is 9.59 Å². The van der Waals surface area contributed by atoms with E-state index in [2.05, 4.69) is 19.2 Å². The Morgan fingerprint density at radius 2 is 1.80 bits per heavy atom. The van der Waals surface area contributed by atoms with Gasteiger partial charge in [-0.15, -0.1) is 0 Å². The molecule has 3 atom stereocenters. The molecule has 20 heavy (non-hydrogen) atoms. The van der Waals surface area contributed by atoms with E-state index in [1.54, 1.807) is 0 Å². The maximum atomic E-state index is 13.0. The molecule has 3 fully saturated rings. The van der Waals surface area contributed by atoms with Crippen molar-refractivity contribution in [2.45, 2.75) is 70.4 Å². The molecule has 0 bridgehead atoms. The van der Waals surface area contributed by atoms with E-state index in [1.807, 2.05) is 4.90 Å². The van der Waals surface area contributed by atoms with Crippen LogP contribution >= 0.6 is 0 Å². The summed E-state index contributed by atoms with van der Waals surface area (Å²) >= 11 is 0. The lowest BCUT2D eigenvalue weighted by Crippen LogP contribution is -2.68. The van der Waals surface area contributed by atoms with Gasteiger partial charge in [-0.3, -0.25) is 9.59 Å². The van der Waals surface area contributed by atoms with Crippen LogP contribution < -0.4 is 5.32 Å². The molecule has 0 aromatic rings. The number of carbonyl (C=O) groups is 2. The fourth-order valence-electron chi connectivity index (χ4n) is 4.44. The average molecular weight is 278 g/mol. The number of amides is 2. The third kappa shape index (κ3) is 2.13. The number of nitrogens with zero attached hydrogens (tertiary/aromatic N) is 1. The third-order valence-corrected chi connectivity index (χ3v) is 5.88. The summed E-state index contributed by atoms with van der Waals surface area (Å²) in [5, 5.41) is 3.01. The minimum absolute atomic E-state index is 0.0388. The molecule has 2 amide bonds. The molecular weight excluding hydrogens is 252 g/mol. The summed E-state index contributed by atoms with van der Waals surface area (Å²) < 4.78 is 0. The summed E-state index contributed by atoms with van der Waals surface area (Å²) in [5.74, 6) is 1.38. The predicted octanol–water partition coefficient (Wildman–Crippen LogP) is 2.08. The van der Waals surface area contributed by atoms with Crippen molar-refractivity contribution in [1.29, 1.82) is 0 Å². The Morgan fingerprint density at radius 1 is 1.10 bits per heavy atom. The highest BCUT2D eigenvalue weighted by molar-refractivity contribution is 5.98. The van der Waals surface area contributed by atoms with Gasteiger partial charge < -0.3 is 10.2 Å². The summed E-state index contributed by atoms with van der Waals surface area (Å²) in [6.07, 6.45) is 7.23. The minimum atomic E-state index is -0.560. The van der Waals surface area contributed by atoms with E-state index in [0.29, 0.717) is 11.8 Å². The van der Waals surface area contributed by atoms with Crippen molar-refractivity contribution in [1.82, 2.24) is 10.2 Å². The molecule has 3 aliphatic rings. The van der Waals surface area contributed by atoms with E-state index in [4.69, 9.17) is 0 Å². The average Bonchev–Trinajstić information content (AvgIpc) is 2.87. The molecule has 2 aliphatic carbocycles. The molecule has 3 rings (SSSR count). The largest absolute Gasteiger partial charge is 0.340 e. The first kappa shape index (κ1) is 13.9. The SMILES string of the molecule is CC1CCCC(N2CC(=O)NC3(CCCC3)C2=O)C1C. The standard InChI is InChI=1S/C16H26N2O2/c1-11-6-5-7-13(12(11)2)18-10-14(19)17-16(15(18)20)8-3-4-9-16/h11-13H,3-10H2,1-2H3,(H,17,19). The molecule has 1 saturated heterocycles. The molecule has 4 heteroatoms. The maximum absolute atomic E-state index is 13.0. The van der Waals surface area contributed by atoms with Gasteiger partial charge in [0.25, 0.3) is 0 Å². The van der Waals surface area contributed by atoms with E-state index in [0.717, 1.165) is 32.1 Å². The maximum Gasteiger partial charge on any atom is 0.249 e. The lowest BCUT2D eigenvalue weighted by atomic mass is 9.76. The Balaban J connectivity index is 1.84. The Kier molecular flexibility index (Phi) is 3.51. The second kappa shape index (κ2) is 5.05. The van der Waals surface area contributed by atoms with Crippen LogP contribution in [0.2, 0.25) is 0 Å². The molecule has 0 aromatic heterocycles. The first-order valence-electron chi connectivity index (χ1n) is 8.15. The summed E-state index contributed by atoms with van der Waals surface area (Å²) in [6.45, 7) is 4.79. The summed E-state index contributed by atoms with van der Waals surface area (Å²) in [6, 6.07) is 0.259. The van der Waals surface area contributed by atoms with Gasteiger partial charge in [-0.1, -0.05) is 39.5 Å². The van der Waals surface area contributed by atoms with Crippen molar-refractivity contribution in [2.75, 3.05) is 6.54 Å². The molecule has 2 saturated carbocycles. The first-order valence-corrected chi connectivity index (χ1v) is 8.15. The van der Waals surface area contributed by atoms with E-state index < -0.39 is 5.54 Å². The normalized spacial score (nSPS) is 37.3. The zero-order valence-corrected chi connectivity index (χ0v) is 12.7. The zero-order chi connectivity index (χ0) is 14.3. The Morgan fingerprint density at radius 3 is 2.50 bits per heavy atom. The van der Waals surface area contributed by atoms with Crippen LogP contribution in [0.25, 0.3) is 0 Å². The van der Waals surface area contributed by atoms with Crippen LogP contribution in [0.5, 0.6) is 0 Å². The van der Waals surface area contributed by atoms with Gasteiger partial charge in [0.05, 0.1) is 6.54 Å². The first-order chi connectivity index (χ1) is 9.53. The van der Waals surface area contributed by atoms with Crippen LogP contribution in [0.1, 0.15) is 58.8 Å². The molecule has 1 heterocycles. The molecular formula is C16H26N2O2. The zero-order valence-electron chi connectivity index (χ0n) is 12.7. The Hall–Kier alpha value is -1.06. The second-order valence-corrected chi connectivity index (χ2v) is 7.11. The van der Waals surface area contributed by atoms with Gasteiger partial charge in [-0.05, 0) is 31.1 Å². The Bertz CT molecular complexity index is 415. The van der Waals surface area contributed by atoms with Crippen molar-refractivity contribution in [2.24, 2.45) is 11.8 Å². The number of rotatable bonds is 1. The summed E-state index contributed by atoms with van der Waals surface area (Å²) in [4.78, 5) is 27.0. The lowest BCUT2D eigenvalue weighted by molar-refractivity contribution is -0.154. The van der Waals surface area contributed by atoms with E-state index in [1.165, 1.54) is 12.8 Å². The van der Waals surface area contributed by atoms with Gasteiger partial charge in [0.2, 0.25) is 11.8 Å². The highest BCUT2D eigenvalue weighted by Gasteiger charge is 2.50. The second-order valence-electron chi connectivity index (χ2n) is 7.11. The number of piperazine rings is 1. The van der Waals surface area contributed by atoms with Crippen molar-refractivity contribution in [3.05, 3.63) is 0 Å². The van der Waals surface area contributed by atoms with Crippen LogP contribution in [-0.4, -0.2) is 34.8 Å². The molecule has 0 radical (unpaired) electrons. The third-order valence-electron chi connectivity index (χ3n) is 5.88. The van der Waals surface area contributed by atoms with Gasteiger partial charge in [-0.2, -0.15) is 0 Å². The van der Waals surface area contributed by atoms with E-state index in [-0.39, 0.29) is 24.4 Å². The van der Waals surface area contributed by atoms with Gasteiger partial charge in [0, 0.05) is 6.04 Å². The molecule has 0 aromatic carbocycles. The van der Waals surface area contributed by atoms with Crippen LogP contribution in [0.3, 0.4) is 0 Å². The molecule has 1 aliphatic heterocycles. The van der Waals surface area contributed by atoms with Gasteiger partial charge in [0.15, 0.2) is 0 Å². The fourth-order valence-corrected chi connectivity index (χ4v) is 4.44. The van der Waals surface area contributed by atoms with E-state index >= 15 is 0 Å². The van der Waals surface area contributed by atoms with Crippen LogP contribution in [0.15, 0.2) is 0 Å². The van der Waals surface area contributed by atoms with Crippen LogP contribution in [0, 0.1) is 11.8 Å². The summed E-state index contributed by atoms with van der Waals surface area (Å²) in [5.41, 5.74) is -0.560. The molecule has 3 unspecified atom stereocenters. The minimum Gasteiger partial charge on any atom is -0.340 e. The van der Waals surface area contributed by atoms with Crippen molar-refractivity contribution in [3.8, 4) is 0 Å². The van der Waals surface area contributed by atoms with Crippen molar-refractivity contribution in [3.63, 3.8) is 0 Å². The molecule has 4 nitrogen and oxygen atoms in total. The highest BCUT2D eigenvalue weighted by atomic mass is 16.2. The van der Waals surface area contributed by atoms with Crippen LogP contribution in [0.4, 0.5) is 0 Å². The molecule has 112 valence electrons. The van der Waals surface area contributed by atoms with Crippen molar-refractivity contribution >= 4 is 11.8 Å². The topological polar surface area (TPSA) is 49.4 Å². The quantitative estimate of drug-likeness (QED) is 0.798. The van der Waals surface area contributed by atoms with Crippen LogP contribution in [-0.2, 0) is 9.59 Å². The molecule has 1 N–H and O–H groups in total. The van der Waals surface area contributed by atoms with E-state index in [9.17, 15) is 9.59 Å². The lowest BCUT2D eigenvalue weighted by Gasteiger charge is -2.47. The van der Waals surface area contributed by atoms with Gasteiger partial charge in [0.1, 0.15) is 5.54 Å². The number of hydrogen-bond acceptors (Lipinski definition) is 2. The monoisotopic (exact) mass is 278 g/mol. The van der Waals surface area contributed by atoms with Gasteiger partial charge in [-0.25, -0.2) is 0 Å². The fraction of sp³-hybridized carbons (Fsp3) is 0.875.